The van der Waals surface area contributed by atoms with E-state index in [9.17, 15) is 14.4 Å². The Hall–Kier alpha value is -1.79. The average Bonchev–Trinajstić information content (AvgIpc) is 3.05. The predicted octanol–water partition coefficient (Wildman–Crippen LogP) is 1.14. The summed E-state index contributed by atoms with van der Waals surface area (Å²) in [5.74, 6) is -1.21. The van der Waals surface area contributed by atoms with Crippen molar-refractivity contribution in [1.29, 1.82) is 0 Å². The summed E-state index contributed by atoms with van der Waals surface area (Å²) in [4.78, 5) is 39.0. The summed E-state index contributed by atoms with van der Waals surface area (Å²) in [6, 6.07) is 0.0549. The molecule has 2 heterocycles. The second kappa shape index (κ2) is 8.17. The van der Waals surface area contributed by atoms with Crippen LogP contribution < -0.4 is 5.32 Å². The van der Waals surface area contributed by atoms with E-state index in [1.54, 1.807) is 11.8 Å². The van der Waals surface area contributed by atoms with Crippen molar-refractivity contribution < 1.29 is 19.5 Å². The second-order valence-corrected chi connectivity index (χ2v) is 6.71. The summed E-state index contributed by atoms with van der Waals surface area (Å²) in [7, 11) is 0. The Morgan fingerprint density at radius 2 is 1.78 bits per heavy atom. The molecular weight excluding hydrogens is 298 g/mol. The van der Waals surface area contributed by atoms with E-state index in [0.717, 1.165) is 38.8 Å². The fourth-order valence-corrected chi connectivity index (χ4v) is 3.26. The normalized spacial score (nSPS) is 22.7. The number of rotatable bonds is 5. The number of carbonyl (C=O) groups excluding carboxylic acids is 2. The molecule has 7 nitrogen and oxygen atoms in total. The van der Waals surface area contributed by atoms with Gasteiger partial charge in [-0.1, -0.05) is 6.92 Å². The van der Waals surface area contributed by atoms with E-state index in [4.69, 9.17) is 5.11 Å². The molecule has 0 spiro atoms. The van der Waals surface area contributed by atoms with Gasteiger partial charge in [-0.15, -0.1) is 0 Å². The number of urea groups is 1. The van der Waals surface area contributed by atoms with Crippen molar-refractivity contribution in [2.24, 2.45) is 11.8 Å². The second-order valence-electron chi connectivity index (χ2n) is 6.71. The molecule has 130 valence electrons. The minimum atomic E-state index is -0.855. The van der Waals surface area contributed by atoms with Crippen molar-refractivity contribution in [3.05, 3.63) is 0 Å². The first-order valence-electron chi connectivity index (χ1n) is 8.50. The van der Waals surface area contributed by atoms with Gasteiger partial charge in [-0.2, -0.15) is 0 Å². The fraction of sp³-hybridized carbons (Fsp3) is 0.812. The van der Waals surface area contributed by atoms with Gasteiger partial charge in [0.25, 0.3) is 0 Å². The van der Waals surface area contributed by atoms with Crippen LogP contribution in [0.3, 0.4) is 0 Å². The first-order valence-corrected chi connectivity index (χ1v) is 8.50. The van der Waals surface area contributed by atoms with E-state index in [1.807, 2.05) is 4.90 Å². The van der Waals surface area contributed by atoms with Crippen molar-refractivity contribution in [3.63, 3.8) is 0 Å². The molecule has 0 aliphatic carbocycles. The van der Waals surface area contributed by atoms with E-state index in [0.29, 0.717) is 19.6 Å². The fourth-order valence-electron chi connectivity index (χ4n) is 3.26. The van der Waals surface area contributed by atoms with Gasteiger partial charge < -0.3 is 20.2 Å². The minimum absolute atomic E-state index is 0.0461. The van der Waals surface area contributed by atoms with Crippen LogP contribution in [0.1, 0.15) is 39.0 Å². The lowest BCUT2D eigenvalue weighted by Crippen LogP contribution is -2.49. The molecule has 0 aromatic heterocycles. The number of hydrogen-bond donors (Lipinski definition) is 2. The Bertz CT molecular complexity index is 449. The zero-order valence-corrected chi connectivity index (χ0v) is 13.8. The van der Waals surface area contributed by atoms with Gasteiger partial charge in [0.05, 0.1) is 5.92 Å². The highest BCUT2D eigenvalue weighted by Crippen LogP contribution is 2.20. The highest BCUT2D eigenvalue weighted by atomic mass is 16.4. The zero-order valence-electron chi connectivity index (χ0n) is 13.8. The van der Waals surface area contributed by atoms with Crippen LogP contribution in [-0.2, 0) is 9.59 Å². The van der Waals surface area contributed by atoms with Crippen LogP contribution >= 0.6 is 0 Å². The third-order valence-corrected chi connectivity index (χ3v) is 4.59. The monoisotopic (exact) mass is 325 g/mol. The highest BCUT2D eigenvalue weighted by molar-refractivity contribution is 5.81. The molecule has 0 aromatic rings. The topological polar surface area (TPSA) is 90.0 Å². The molecular formula is C16H27N3O4. The molecule has 0 radical (unpaired) electrons. The van der Waals surface area contributed by atoms with E-state index >= 15 is 0 Å². The first-order chi connectivity index (χ1) is 11.0. The molecule has 2 N–H and O–H groups in total. The number of carbonyl (C=O) groups is 3. The number of likely N-dealkylation sites (tertiary alicyclic amines) is 2. The molecule has 2 unspecified atom stereocenters. The van der Waals surface area contributed by atoms with Crippen LogP contribution in [0.15, 0.2) is 0 Å². The Morgan fingerprint density at radius 3 is 2.43 bits per heavy atom. The maximum absolute atomic E-state index is 12.4. The molecule has 2 fully saturated rings. The summed E-state index contributed by atoms with van der Waals surface area (Å²) in [6.45, 7) is 4.99. The van der Waals surface area contributed by atoms with Crippen molar-refractivity contribution in [3.8, 4) is 0 Å². The van der Waals surface area contributed by atoms with Crippen molar-refractivity contribution in [1.82, 2.24) is 15.1 Å². The maximum Gasteiger partial charge on any atom is 0.320 e. The quantitative estimate of drug-likeness (QED) is 0.793. The number of carboxylic acids is 1. The third kappa shape index (κ3) is 5.11. The molecule has 2 saturated heterocycles. The lowest BCUT2D eigenvalue weighted by Gasteiger charge is -2.34. The van der Waals surface area contributed by atoms with E-state index in [1.165, 1.54) is 0 Å². The standard InChI is InChI=1S/C16H27N3O4/c1-12(9-14(20)21)10-17-15(22)13-5-4-8-19(11-13)16(23)18-6-2-3-7-18/h12-13H,2-11H2,1H3,(H,17,22)(H,20,21). The zero-order chi connectivity index (χ0) is 16.8. The lowest BCUT2D eigenvalue weighted by atomic mass is 9.97. The van der Waals surface area contributed by atoms with Crippen molar-refractivity contribution in [2.75, 3.05) is 32.7 Å². The summed E-state index contributed by atoms with van der Waals surface area (Å²) in [5, 5.41) is 11.6. The van der Waals surface area contributed by atoms with Crippen LogP contribution in [0.2, 0.25) is 0 Å². The summed E-state index contributed by atoms with van der Waals surface area (Å²) < 4.78 is 0. The molecule has 23 heavy (non-hydrogen) atoms. The van der Waals surface area contributed by atoms with Gasteiger partial charge in [-0.25, -0.2) is 4.79 Å². The van der Waals surface area contributed by atoms with Crippen molar-refractivity contribution >= 4 is 17.9 Å². The number of aliphatic carboxylic acids is 1. The minimum Gasteiger partial charge on any atom is -0.481 e. The lowest BCUT2D eigenvalue weighted by molar-refractivity contribution is -0.138. The molecule has 2 aliphatic rings. The Balaban J connectivity index is 1.79. The van der Waals surface area contributed by atoms with Gasteiger partial charge in [0, 0.05) is 39.1 Å². The predicted molar refractivity (Wildman–Crippen MR) is 84.9 cm³/mol. The molecule has 2 atom stereocenters. The van der Waals surface area contributed by atoms with Crippen LogP contribution in [0.4, 0.5) is 4.79 Å². The van der Waals surface area contributed by atoms with E-state index < -0.39 is 5.97 Å². The molecule has 2 aliphatic heterocycles. The highest BCUT2D eigenvalue weighted by Gasteiger charge is 2.31. The third-order valence-electron chi connectivity index (χ3n) is 4.59. The van der Waals surface area contributed by atoms with Gasteiger partial charge in [0.1, 0.15) is 0 Å². The summed E-state index contributed by atoms with van der Waals surface area (Å²) in [5.41, 5.74) is 0. The van der Waals surface area contributed by atoms with Gasteiger partial charge in [-0.05, 0) is 31.6 Å². The number of piperidine rings is 1. The van der Waals surface area contributed by atoms with E-state index in [-0.39, 0.29) is 30.2 Å². The van der Waals surface area contributed by atoms with Gasteiger partial charge >= 0.3 is 12.0 Å². The Kier molecular flexibility index (Phi) is 6.24. The van der Waals surface area contributed by atoms with Crippen LogP contribution in [0, 0.1) is 11.8 Å². The largest absolute Gasteiger partial charge is 0.481 e. The average molecular weight is 325 g/mol. The SMILES string of the molecule is CC(CNC(=O)C1CCCN(C(=O)N2CCCC2)C1)CC(=O)O. The summed E-state index contributed by atoms with van der Waals surface area (Å²) in [6.07, 6.45) is 3.78. The van der Waals surface area contributed by atoms with E-state index in [2.05, 4.69) is 5.32 Å². The number of amides is 3. The number of carboxylic acid groups (broad SMARTS) is 1. The molecule has 7 heteroatoms. The molecule has 0 bridgehead atoms. The number of nitrogens with zero attached hydrogens (tertiary/aromatic N) is 2. The molecule has 2 rings (SSSR count). The Labute approximate surface area is 137 Å². The van der Waals surface area contributed by atoms with Crippen LogP contribution in [0.25, 0.3) is 0 Å². The molecule has 0 aromatic carbocycles. The summed E-state index contributed by atoms with van der Waals surface area (Å²) >= 11 is 0. The van der Waals surface area contributed by atoms with Gasteiger partial charge in [0.2, 0.25) is 5.91 Å². The van der Waals surface area contributed by atoms with Gasteiger partial charge in [-0.3, -0.25) is 9.59 Å². The van der Waals surface area contributed by atoms with Crippen LogP contribution in [0.5, 0.6) is 0 Å². The molecule has 0 saturated carbocycles. The Morgan fingerprint density at radius 1 is 1.13 bits per heavy atom. The number of nitrogens with one attached hydrogen (secondary N) is 1. The molecule has 3 amide bonds. The van der Waals surface area contributed by atoms with Gasteiger partial charge in [0.15, 0.2) is 0 Å². The smallest absolute Gasteiger partial charge is 0.320 e. The van der Waals surface area contributed by atoms with Crippen LogP contribution in [-0.4, -0.2) is 65.5 Å². The number of hydrogen-bond acceptors (Lipinski definition) is 3. The first kappa shape index (κ1) is 17.6. The maximum atomic E-state index is 12.4. The van der Waals surface area contributed by atoms with Crippen molar-refractivity contribution in [2.45, 2.75) is 39.0 Å².